The Kier molecular flexibility index (Phi) is 2.38. The van der Waals surface area contributed by atoms with E-state index in [1.165, 1.54) is 6.92 Å². The number of aliphatic hydroxyl groups excluding tert-OH is 1. The van der Waals surface area contributed by atoms with E-state index in [4.69, 9.17) is 16.6 Å². The summed E-state index contributed by atoms with van der Waals surface area (Å²) in [5.41, 5.74) is 9.99. The molecule has 0 spiro atoms. The molecule has 1 heterocycles. The minimum Gasteiger partial charge on any atom is -0.391 e. The van der Waals surface area contributed by atoms with Gasteiger partial charge in [-0.2, -0.15) is 4.98 Å². The van der Waals surface area contributed by atoms with Crippen LogP contribution in [0.5, 0.6) is 0 Å². The number of hydrogen-bond donors (Lipinski definition) is 5. The van der Waals surface area contributed by atoms with Gasteiger partial charge in [-0.3, -0.25) is 9.78 Å². The molecule has 0 saturated carbocycles. The Bertz CT molecular complexity index is 359. The van der Waals surface area contributed by atoms with Crippen LogP contribution in [0.15, 0.2) is 4.79 Å². The number of nitrogen functional groups attached to an aromatic ring is 2. The number of nitrogens with two attached hydrogens (primary N) is 2. The van der Waals surface area contributed by atoms with E-state index >= 15 is 0 Å². The Hall–Kier alpha value is -1.76. The molecule has 7 nitrogen and oxygen atoms in total. The van der Waals surface area contributed by atoms with E-state index in [0.717, 1.165) is 0 Å². The average molecular weight is 185 g/mol. The molecule has 0 aliphatic heterocycles. The number of nitrogens with one attached hydrogen (secondary N) is 2. The average Bonchev–Trinajstić information content (AvgIpc) is 1.98. The molecule has 1 atom stereocenters. The standard InChI is InChI=1S/C6H11N5O2/c1-2(12)9-4-3(7)5(13)11-6(8)10-4/h2,12H,7H2,1H3,(H4,8,9,10,11,13). The van der Waals surface area contributed by atoms with Crippen molar-refractivity contribution in [1.29, 1.82) is 0 Å². The second kappa shape index (κ2) is 3.31. The summed E-state index contributed by atoms with van der Waals surface area (Å²) >= 11 is 0. The fourth-order valence-corrected chi connectivity index (χ4v) is 0.808. The smallest absolute Gasteiger partial charge is 0.277 e. The van der Waals surface area contributed by atoms with Crippen molar-refractivity contribution in [2.45, 2.75) is 13.2 Å². The van der Waals surface area contributed by atoms with Gasteiger partial charge in [0.2, 0.25) is 5.95 Å². The molecule has 13 heavy (non-hydrogen) atoms. The van der Waals surface area contributed by atoms with Gasteiger partial charge >= 0.3 is 0 Å². The first kappa shape index (κ1) is 9.33. The molecule has 1 aromatic rings. The third kappa shape index (κ3) is 2.09. The quantitative estimate of drug-likeness (QED) is 0.363. The lowest BCUT2D eigenvalue weighted by atomic mass is 10.4. The van der Waals surface area contributed by atoms with Gasteiger partial charge in [0.15, 0.2) is 5.82 Å². The first-order valence-electron chi connectivity index (χ1n) is 3.60. The molecule has 0 aromatic carbocycles. The third-order valence-electron chi connectivity index (χ3n) is 1.32. The van der Waals surface area contributed by atoms with Crippen LogP contribution in [0.25, 0.3) is 0 Å². The number of anilines is 3. The van der Waals surface area contributed by atoms with Crippen LogP contribution in [0.3, 0.4) is 0 Å². The SMILES string of the molecule is CC(O)Nc1nc(N)[nH]c(=O)c1N. The molecule has 0 saturated heterocycles. The fraction of sp³-hybridized carbons (Fsp3) is 0.333. The summed E-state index contributed by atoms with van der Waals surface area (Å²) in [4.78, 5) is 16.9. The van der Waals surface area contributed by atoms with Crippen molar-refractivity contribution in [3.8, 4) is 0 Å². The molecular formula is C6H11N5O2. The number of hydrogen-bond acceptors (Lipinski definition) is 6. The zero-order chi connectivity index (χ0) is 10.0. The van der Waals surface area contributed by atoms with Crippen LogP contribution < -0.4 is 22.3 Å². The largest absolute Gasteiger partial charge is 0.391 e. The third-order valence-corrected chi connectivity index (χ3v) is 1.32. The van der Waals surface area contributed by atoms with Gasteiger partial charge in [-0.05, 0) is 6.92 Å². The maximum atomic E-state index is 11.0. The number of aliphatic hydroxyl groups is 1. The predicted octanol–water partition coefficient (Wildman–Crippen LogP) is -1.32. The topological polar surface area (TPSA) is 130 Å². The number of H-pyrrole nitrogens is 1. The second-order valence-corrected chi connectivity index (χ2v) is 2.53. The van der Waals surface area contributed by atoms with E-state index in [9.17, 15) is 4.79 Å². The first-order chi connectivity index (χ1) is 6.00. The second-order valence-electron chi connectivity index (χ2n) is 2.53. The van der Waals surface area contributed by atoms with E-state index in [1.807, 2.05) is 0 Å². The van der Waals surface area contributed by atoms with Gasteiger partial charge in [-0.15, -0.1) is 0 Å². The van der Waals surface area contributed by atoms with E-state index < -0.39 is 11.8 Å². The van der Waals surface area contributed by atoms with Gasteiger partial charge in [-0.25, -0.2) is 0 Å². The van der Waals surface area contributed by atoms with Crippen molar-refractivity contribution in [1.82, 2.24) is 9.97 Å². The van der Waals surface area contributed by atoms with Gasteiger partial charge < -0.3 is 21.9 Å². The Labute approximate surface area is 73.8 Å². The van der Waals surface area contributed by atoms with Crippen LogP contribution in [0.1, 0.15) is 6.92 Å². The van der Waals surface area contributed by atoms with E-state index in [-0.39, 0.29) is 17.5 Å². The lowest BCUT2D eigenvalue weighted by Gasteiger charge is -2.09. The molecule has 0 aliphatic carbocycles. The molecule has 72 valence electrons. The monoisotopic (exact) mass is 185 g/mol. The van der Waals surface area contributed by atoms with Crippen LogP contribution >= 0.6 is 0 Å². The fourth-order valence-electron chi connectivity index (χ4n) is 0.808. The van der Waals surface area contributed by atoms with Crippen LogP contribution in [-0.2, 0) is 0 Å². The van der Waals surface area contributed by atoms with Crippen LogP contribution in [-0.4, -0.2) is 21.3 Å². The number of aromatic nitrogens is 2. The zero-order valence-corrected chi connectivity index (χ0v) is 7.03. The van der Waals surface area contributed by atoms with Gasteiger partial charge in [0, 0.05) is 0 Å². The molecule has 0 amide bonds. The zero-order valence-electron chi connectivity index (χ0n) is 7.03. The summed E-state index contributed by atoms with van der Waals surface area (Å²) < 4.78 is 0. The molecule has 1 unspecified atom stereocenters. The van der Waals surface area contributed by atoms with E-state index in [1.54, 1.807) is 0 Å². The molecule has 7 N–H and O–H groups in total. The molecule has 0 radical (unpaired) electrons. The molecule has 1 rings (SSSR count). The number of nitrogens with zero attached hydrogens (tertiary/aromatic N) is 1. The highest BCUT2D eigenvalue weighted by molar-refractivity contribution is 5.61. The van der Waals surface area contributed by atoms with Crippen LogP contribution in [0.4, 0.5) is 17.5 Å². The summed E-state index contributed by atoms with van der Waals surface area (Å²) in [6.07, 6.45) is -0.851. The van der Waals surface area contributed by atoms with Crippen molar-refractivity contribution in [3.05, 3.63) is 10.4 Å². The van der Waals surface area contributed by atoms with Crippen LogP contribution in [0.2, 0.25) is 0 Å². The van der Waals surface area contributed by atoms with Gasteiger partial charge in [0.1, 0.15) is 11.9 Å². The van der Waals surface area contributed by atoms with Gasteiger partial charge in [0.05, 0.1) is 0 Å². The van der Waals surface area contributed by atoms with Crippen LogP contribution in [0, 0.1) is 0 Å². The summed E-state index contributed by atoms with van der Waals surface area (Å²) in [5, 5.41) is 11.4. The van der Waals surface area contributed by atoms with Crippen molar-refractivity contribution >= 4 is 17.5 Å². The van der Waals surface area contributed by atoms with Crippen molar-refractivity contribution in [2.24, 2.45) is 0 Å². The maximum absolute atomic E-state index is 11.0. The summed E-state index contributed by atoms with van der Waals surface area (Å²) in [6, 6.07) is 0. The molecule has 1 aromatic heterocycles. The summed E-state index contributed by atoms with van der Waals surface area (Å²) in [7, 11) is 0. The lowest BCUT2D eigenvalue weighted by molar-refractivity contribution is 0.224. The number of aromatic amines is 1. The first-order valence-corrected chi connectivity index (χ1v) is 3.60. The highest BCUT2D eigenvalue weighted by Gasteiger charge is 2.07. The molecule has 7 heteroatoms. The minimum atomic E-state index is -0.851. The summed E-state index contributed by atoms with van der Waals surface area (Å²) in [5.74, 6) is 0.0265. The Morgan fingerprint density at radius 3 is 2.77 bits per heavy atom. The number of rotatable bonds is 2. The Balaban J connectivity index is 3.13. The van der Waals surface area contributed by atoms with E-state index in [0.29, 0.717) is 0 Å². The van der Waals surface area contributed by atoms with Gasteiger partial charge in [-0.1, -0.05) is 0 Å². The summed E-state index contributed by atoms with van der Waals surface area (Å²) in [6.45, 7) is 1.47. The van der Waals surface area contributed by atoms with Crippen molar-refractivity contribution in [2.75, 3.05) is 16.8 Å². The Morgan fingerprint density at radius 1 is 1.62 bits per heavy atom. The highest BCUT2D eigenvalue weighted by atomic mass is 16.3. The lowest BCUT2D eigenvalue weighted by Crippen LogP contribution is -2.22. The van der Waals surface area contributed by atoms with Crippen molar-refractivity contribution in [3.63, 3.8) is 0 Å². The minimum absolute atomic E-state index is 0.0534. The Morgan fingerprint density at radius 2 is 2.23 bits per heavy atom. The normalized spacial score (nSPS) is 12.5. The van der Waals surface area contributed by atoms with Gasteiger partial charge in [0.25, 0.3) is 5.56 Å². The highest BCUT2D eigenvalue weighted by Crippen LogP contribution is 2.10. The molecule has 0 aliphatic rings. The predicted molar refractivity (Wildman–Crippen MR) is 49.0 cm³/mol. The van der Waals surface area contributed by atoms with E-state index in [2.05, 4.69) is 15.3 Å². The molecule has 0 fully saturated rings. The van der Waals surface area contributed by atoms with Crippen molar-refractivity contribution < 1.29 is 5.11 Å². The maximum Gasteiger partial charge on any atom is 0.277 e. The molecule has 0 bridgehead atoms. The molecular weight excluding hydrogens is 174 g/mol.